The number of hydrogen-bond donors (Lipinski definition) is 1. The molecule has 38 heavy (non-hydrogen) atoms. The number of hydrogen-bond acceptors (Lipinski definition) is 11. The molecule has 1 aliphatic heterocycles. The van der Waals surface area contributed by atoms with Gasteiger partial charge in [-0.3, -0.25) is 24.0 Å². The average molecular weight is 649 g/mol. The van der Waals surface area contributed by atoms with E-state index < -0.39 is 72.6 Å². The quantitative estimate of drug-likeness (QED) is 0.251. The second kappa shape index (κ2) is 13.2. The maximum atomic E-state index is 13.1. The number of rotatable bonds is 8. The molecule has 0 radical (unpaired) electrons. The Labute approximate surface area is 234 Å². The van der Waals surface area contributed by atoms with Crippen LogP contribution in [-0.4, -0.2) is 72.6 Å². The molecule has 1 aromatic carbocycles. The topological polar surface area (TPSA) is 153 Å². The van der Waals surface area contributed by atoms with E-state index in [0.717, 1.165) is 24.3 Å². The van der Waals surface area contributed by atoms with Crippen LogP contribution in [0.5, 0.6) is 5.75 Å². The zero-order chi connectivity index (χ0) is 28.8. The lowest BCUT2D eigenvalue weighted by Gasteiger charge is -2.44. The van der Waals surface area contributed by atoms with Crippen molar-refractivity contribution in [3.05, 3.63) is 27.3 Å². The summed E-state index contributed by atoms with van der Waals surface area (Å²) in [5, 5.41) is 2.86. The number of benzene rings is 1. The zero-order valence-electron chi connectivity index (χ0n) is 22.2. The SMILES string of the molecule is CC(=O)OCC1OC(Oc2ccc(I)cc2C(=O)NC(C)(C)C)C(OC(C)=O)C(OC(C)=O)C1OC(C)=O. The van der Waals surface area contributed by atoms with Crippen molar-refractivity contribution >= 4 is 52.4 Å². The minimum atomic E-state index is -1.46. The summed E-state index contributed by atoms with van der Waals surface area (Å²) in [6.45, 7) is 9.60. The van der Waals surface area contributed by atoms with E-state index in [1.165, 1.54) is 13.0 Å². The Morgan fingerprint density at radius 1 is 0.868 bits per heavy atom. The summed E-state index contributed by atoms with van der Waals surface area (Å²) in [5.74, 6) is -3.28. The largest absolute Gasteiger partial charge is 0.463 e. The van der Waals surface area contributed by atoms with Gasteiger partial charge in [0.15, 0.2) is 12.2 Å². The van der Waals surface area contributed by atoms with E-state index in [-0.39, 0.29) is 11.3 Å². The minimum absolute atomic E-state index is 0.0769. The average Bonchev–Trinajstić information content (AvgIpc) is 2.75. The second-order valence-corrected chi connectivity index (χ2v) is 10.8. The third-order valence-corrected chi connectivity index (χ3v) is 5.54. The van der Waals surface area contributed by atoms with Crippen molar-refractivity contribution in [2.75, 3.05) is 6.61 Å². The van der Waals surface area contributed by atoms with Crippen molar-refractivity contribution in [2.45, 2.75) is 84.7 Å². The van der Waals surface area contributed by atoms with Crippen LogP contribution >= 0.6 is 22.6 Å². The van der Waals surface area contributed by atoms with Crippen LogP contribution in [0.25, 0.3) is 0 Å². The monoisotopic (exact) mass is 649 g/mol. The first kappa shape index (κ1) is 31.3. The number of nitrogens with one attached hydrogen (secondary N) is 1. The smallest absolute Gasteiger partial charge is 0.303 e. The van der Waals surface area contributed by atoms with Crippen LogP contribution in [0.4, 0.5) is 0 Å². The summed E-state index contributed by atoms with van der Waals surface area (Å²) in [4.78, 5) is 60.5. The van der Waals surface area contributed by atoms with Crippen molar-refractivity contribution in [1.29, 1.82) is 0 Å². The molecule has 2 rings (SSSR count). The molecular weight excluding hydrogens is 617 g/mol. The third-order valence-electron chi connectivity index (χ3n) is 4.87. The number of carbonyl (C=O) groups excluding carboxylic acids is 5. The highest BCUT2D eigenvalue weighted by Crippen LogP contribution is 2.32. The Morgan fingerprint density at radius 3 is 1.95 bits per heavy atom. The zero-order valence-corrected chi connectivity index (χ0v) is 24.4. The van der Waals surface area contributed by atoms with E-state index in [0.29, 0.717) is 0 Å². The molecule has 1 saturated heterocycles. The molecule has 0 aromatic heterocycles. The molecular formula is C25H32INO11. The van der Waals surface area contributed by atoms with Gasteiger partial charge in [-0.25, -0.2) is 0 Å². The van der Waals surface area contributed by atoms with Crippen molar-refractivity contribution in [3.63, 3.8) is 0 Å². The van der Waals surface area contributed by atoms with Crippen LogP contribution in [-0.2, 0) is 42.9 Å². The standard InChI is InChI=1S/C25H32INO11/c1-12(28)33-11-19-20(34-13(2)29)21(35-14(3)30)22(36-15(4)31)24(38-19)37-18-9-8-16(26)10-17(18)23(32)27-25(5,6)7/h8-10,19-22,24H,11H2,1-7H3,(H,27,32). The van der Waals surface area contributed by atoms with Crippen molar-refractivity contribution in [3.8, 4) is 5.75 Å². The van der Waals surface area contributed by atoms with Gasteiger partial charge in [0.25, 0.3) is 5.91 Å². The van der Waals surface area contributed by atoms with E-state index in [4.69, 9.17) is 28.4 Å². The summed E-state index contributed by atoms with van der Waals surface area (Å²) >= 11 is 2.04. The van der Waals surface area contributed by atoms with Gasteiger partial charge >= 0.3 is 23.9 Å². The van der Waals surface area contributed by atoms with Gasteiger partial charge in [0.05, 0.1) is 5.56 Å². The van der Waals surface area contributed by atoms with Crippen LogP contribution in [0, 0.1) is 3.57 Å². The van der Waals surface area contributed by atoms with Gasteiger partial charge in [-0.15, -0.1) is 0 Å². The molecule has 1 fully saturated rings. The minimum Gasteiger partial charge on any atom is -0.463 e. The number of halogens is 1. The van der Waals surface area contributed by atoms with Crippen LogP contribution in [0.3, 0.4) is 0 Å². The van der Waals surface area contributed by atoms with E-state index in [1.54, 1.807) is 12.1 Å². The Hall–Kier alpha value is -2.94. The molecule has 0 spiro atoms. The molecule has 5 atom stereocenters. The molecule has 0 saturated carbocycles. The first-order valence-corrected chi connectivity index (χ1v) is 12.7. The molecule has 210 valence electrons. The van der Waals surface area contributed by atoms with Gasteiger partial charge in [-0.1, -0.05) is 0 Å². The fourth-order valence-electron chi connectivity index (χ4n) is 3.60. The van der Waals surface area contributed by atoms with Gasteiger partial charge < -0.3 is 33.7 Å². The molecule has 0 bridgehead atoms. The van der Waals surface area contributed by atoms with Crippen LogP contribution in [0.15, 0.2) is 18.2 Å². The molecule has 12 nitrogen and oxygen atoms in total. The molecule has 1 N–H and O–H groups in total. The maximum Gasteiger partial charge on any atom is 0.303 e. The van der Waals surface area contributed by atoms with E-state index in [2.05, 4.69) is 5.32 Å². The Kier molecular flexibility index (Phi) is 10.9. The fraction of sp³-hybridized carbons (Fsp3) is 0.560. The van der Waals surface area contributed by atoms with Crippen LogP contribution in [0.2, 0.25) is 0 Å². The number of amides is 1. The molecule has 13 heteroatoms. The fourth-order valence-corrected chi connectivity index (χ4v) is 4.09. The Balaban J connectivity index is 2.57. The maximum absolute atomic E-state index is 13.1. The highest BCUT2D eigenvalue weighted by Gasteiger charge is 2.53. The first-order chi connectivity index (χ1) is 17.6. The predicted molar refractivity (Wildman–Crippen MR) is 139 cm³/mol. The lowest BCUT2D eigenvalue weighted by molar-refractivity contribution is -0.288. The van der Waals surface area contributed by atoms with Crippen LogP contribution in [0.1, 0.15) is 58.8 Å². The van der Waals surface area contributed by atoms with Gasteiger partial charge in [-0.2, -0.15) is 0 Å². The molecule has 1 aliphatic rings. The molecule has 0 aliphatic carbocycles. The third kappa shape index (κ3) is 9.42. The molecule has 1 amide bonds. The summed E-state index contributed by atoms with van der Waals surface area (Å²) in [6.07, 6.45) is -6.78. The van der Waals surface area contributed by atoms with E-state index >= 15 is 0 Å². The molecule has 1 heterocycles. The lowest BCUT2D eigenvalue weighted by atomic mass is 9.98. The first-order valence-electron chi connectivity index (χ1n) is 11.7. The van der Waals surface area contributed by atoms with Crippen molar-refractivity contribution in [1.82, 2.24) is 5.32 Å². The second-order valence-electron chi connectivity index (χ2n) is 9.53. The van der Waals surface area contributed by atoms with Gasteiger partial charge in [0, 0.05) is 36.8 Å². The van der Waals surface area contributed by atoms with Gasteiger partial charge in [0.1, 0.15) is 18.5 Å². The number of carbonyl (C=O) groups is 5. The predicted octanol–water partition coefficient (Wildman–Crippen LogP) is 2.28. The van der Waals surface area contributed by atoms with Crippen molar-refractivity contribution < 1.29 is 52.4 Å². The summed E-state index contributed by atoms with van der Waals surface area (Å²) in [7, 11) is 0. The molecule has 1 aromatic rings. The summed E-state index contributed by atoms with van der Waals surface area (Å²) in [5.41, 5.74) is -0.385. The Morgan fingerprint density at radius 2 is 1.42 bits per heavy atom. The van der Waals surface area contributed by atoms with Gasteiger partial charge in [-0.05, 0) is 61.6 Å². The summed E-state index contributed by atoms with van der Waals surface area (Å²) < 4.78 is 34.0. The Bertz CT molecular complexity index is 1070. The van der Waals surface area contributed by atoms with E-state index in [1.807, 2.05) is 43.4 Å². The highest BCUT2D eigenvalue weighted by molar-refractivity contribution is 14.1. The number of esters is 4. The lowest BCUT2D eigenvalue weighted by Crippen LogP contribution is -2.63. The van der Waals surface area contributed by atoms with Gasteiger partial charge in [0.2, 0.25) is 12.4 Å². The highest BCUT2D eigenvalue weighted by atomic mass is 127. The normalized spacial score (nSPS) is 23.0. The van der Waals surface area contributed by atoms with Crippen LogP contribution < -0.4 is 10.1 Å². The number of ether oxygens (including phenoxy) is 6. The molecule has 5 unspecified atom stereocenters. The summed E-state index contributed by atoms with van der Waals surface area (Å²) in [6, 6.07) is 4.82. The van der Waals surface area contributed by atoms with E-state index in [9.17, 15) is 24.0 Å². The van der Waals surface area contributed by atoms with Crippen molar-refractivity contribution in [2.24, 2.45) is 0 Å².